The van der Waals surface area contributed by atoms with Gasteiger partial charge in [0.15, 0.2) is 5.82 Å². The van der Waals surface area contributed by atoms with Crippen LogP contribution in [0, 0.1) is 0 Å². The van der Waals surface area contributed by atoms with Crippen LogP contribution in [0.2, 0.25) is 0 Å². The Morgan fingerprint density at radius 3 is 2.95 bits per heavy atom. The molecule has 0 unspecified atom stereocenters. The topological polar surface area (TPSA) is 98.7 Å². The van der Waals surface area contributed by atoms with E-state index in [1.54, 1.807) is 32.2 Å². The summed E-state index contributed by atoms with van der Waals surface area (Å²) in [4.78, 5) is 19.9. The minimum Gasteiger partial charge on any atom is -0.325 e. The third-order valence-electron chi connectivity index (χ3n) is 2.31. The number of nitrogens with one attached hydrogen (secondary N) is 1. The van der Waals surface area contributed by atoms with Crippen LogP contribution in [0.1, 0.15) is 20.3 Å². The van der Waals surface area contributed by atoms with Gasteiger partial charge in [0.1, 0.15) is 12.7 Å². The summed E-state index contributed by atoms with van der Waals surface area (Å²) in [5.41, 5.74) is 5.83. The number of hydrogen-bond acceptors (Lipinski definition) is 5. The highest BCUT2D eigenvalue weighted by Crippen LogP contribution is 2.16. The van der Waals surface area contributed by atoms with Crippen LogP contribution in [0.15, 0.2) is 31.0 Å². The normalized spacial score (nSPS) is 11.3. The number of carbonyl (C=O) groups is 1. The third-order valence-corrected chi connectivity index (χ3v) is 2.31. The van der Waals surface area contributed by atoms with Gasteiger partial charge in [0.25, 0.3) is 0 Å². The Balaban J connectivity index is 2.20. The lowest BCUT2D eigenvalue weighted by Crippen LogP contribution is -2.36. The maximum Gasteiger partial charge on any atom is 0.226 e. The highest BCUT2D eigenvalue weighted by molar-refractivity contribution is 5.92. The molecule has 0 saturated heterocycles. The zero-order valence-corrected chi connectivity index (χ0v) is 10.9. The van der Waals surface area contributed by atoms with Crippen molar-refractivity contribution in [3.63, 3.8) is 0 Å². The number of rotatable bonds is 4. The summed E-state index contributed by atoms with van der Waals surface area (Å²) in [5.74, 6) is 0.352. The van der Waals surface area contributed by atoms with E-state index in [-0.39, 0.29) is 12.3 Å². The fourth-order valence-corrected chi connectivity index (χ4v) is 1.60. The molecular formula is C12H16N6O. The molecule has 3 N–H and O–H groups in total. The molecule has 0 aliphatic carbocycles. The molecule has 0 saturated carbocycles. The van der Waals surface area contributed by atoms with Crippen molar-refractivity contribution in [1.82, 2.24) is 19.7 Å². The molecule has 19 heavy (non-hydrogen) atoms. The second kappa shape index (κ2) is 5.15. The van der Waals surface area contributed by atoms with Crippen molar-refractivity contribution in [3.8, 4) is 5.82 Å². The minimum atomic E-state index is -0.556. The molecule has 0 atom stereocenters. The summed E-state index contributed by atoms with van der Waals surface area (Å²) in [5, 5.41) is 6.78. The van der Waals surface area contributed by atoms with Gasteiger partial charge in [-0.05, 0) is 26.0 Å². The molecule has 1 amide bonds. The lowest BCUT2D eigenvalue weighted by atomic mass is 10.0. The van der Waals surface area contributed by atoms with Gasteiger partial charge in [-0.3, -0.25) is 4.79 Å². The summed E-state index contributed by atoms with van der Waals surface area (Å²) < 4.78 is 1.49. The van der Waals surface area contributed by atoms with E-state index >= 15 is 0 Å². The average Bonchev–Trinajstić information content (AvgIpc) is 2.80. The van der Waals surface area contributed by atoms with Gasteiger partial charge in [-0.2, -0.15) is 5.10 Å². The van der Waals surface area contributed by atoms with Gasteiger partial charge in [-0.25, -0.2) is 14.6 Å². The average molecular weight is 260 g/mol. The maximum atomic E-state index is 11.9. The largest absolute Gasteiger partial charge is 0.325 e. The van der Waals surface area contributed by atoms with Crippen LogP contribution in [0.3, 0.4) is 0 Å². The third kappa shape index (κ3) is 3.59. The first-order chi connectivity index (χ1) is 8.96. The van der Waals surface area contributed by atoms with Crippen LogP contribution >= 0.6 is 0 Å². The van der Waals surface area contributed by atoms with Crippen molar-refractivity contribution >= 4 is 11.6 Å². The lowest BCUT2D eigenvalue weighted by molar-refractivity contribution is -0.117. The Morgan fingerprint density at radius 1 is 1.53 bits per heavy atom. The van der Waals surface area contributed by atoms with E-state index in [4.69, 9.17) is 5.73 Å². The Labute approximate surface area is 110 Å². The zero-order chi connectivity index (χ0) is 13.9. The fourth-order valence-electron chi connectivity index (χ4n) is 1.60. The van der Waals surface area contributed by atoms with Crippen LogP contribution < -0.4 is 11.1 Å². The van der Waals surface area contributed by atoms with Crippen LogP contribution in [0.4, 0.5) is 5.69 Å². The lowest BCUT2D eigenvalue weighted by Gasteiger charge is -2.18. The number of hydrogen-bond donors (Lipinski definition) is 2. The molecule has 7 heteroatoms. The second-order valence-corrected chi connectivity index (χ2v) is 4.93. The van der Waals surface area contributed by atoms with Crippen LogP contribution in [0.25, 0.3) is 5.82 Å². The molecule has 0 aromatic carbocycles. The van der Waals surface area contributed by atoms with Crippen molar-refractivity contribution < 1.29 is 4.79 Å². The van der Waals surface area contributed by atoms with E-state index in [0.717, 1.165) is 0 Å². The quantitative estimate of drug-likeness (QED) is 0.844. The maximum absolute atomic E-state index is 11.9. The number of anilines is 1. The molecule has 2 aromatic rings. The summed E-state index contributed by atoms with van der Waals surface area (Å²) in [6.45, 7) is 3.60. The highest BCUT2D eigenvalue weighted by atomic mass is 16.1. The van der Waals surface area contributed by atoms with E-state index in [1.807, 2.05) is 0 Å². The fraction of sp³-hybridized carbons (Fsp3) is 0.333. The smallest absolute Gasteiger partial charge is 0.226 e. The van der Waals surface area contributed by atoms with Gasteiger partial charge in [0.05, 0.1) is 5.69 Å². The van der Waals surface area contributed by atoms with E-state index in [0.29, 0.717) is 11.5 Å². The monoisotopic (exact) mass is 260 g/mol. The Bertz CT molecular complexity index is 558. The Morgan fingerprint density at radius 2 is 2.32 bits per heavy atom. The van der Waals surface area contributed by atoms with Gasteiger partial charge >= 0.3 is 0 Å². The first-order valence-electron chi connectivity index (χ1n) is 5.84. The number of nitrogens with two attached hydrogens (primary N) is 1. The molecular weight excluding hydrogens is 244 g/mol. The first kappa shape index (κ1) is 13.2. The molecule has 7 nitrogen and oxygen atoms in total. The highest BCUT2D eigenvalue weighted by Gasteiger charge is 2.17. The van der Waals surface area contributed by atoms with Gasteiger partial charge < -0.3 is 11.1 Å². The minimum absolute atomic E-state index is 0.165. The number of pyridine rings is 1. The predicted octanol–water partition coefficient (Wildman–Crippen LogP) is 0.728. The van der Waals surface area contributed by atoms with Gasteiger partial charge in [-0.1, -0.05) is 0 Å². The standard InChI is InChI=1S/C12H16N6O/c1-12(2,13)6-10(19)17-9-4-3-5-15-11(9)18-8-14-7-16-18/h3-5,7-8H,6,13H2,1-2H3,(H,17,19). The van der Waals surface area contributed by atoms with Crippen LogP contribution in [-0.4, -0.2) is 31.2 Å². The Kier molecular flexibility index (Phi) is 3.57. The van der Waals surface area contributed by atoms with Crippen LogP contribution in [-0.2, 0) is 4.79 Å². The van der Waals surface area contributed by atoms with Crippen molar-refractivity contribution in [1.29, 1.82) is 0 Å². The molecule has 0 bridgehead atoms. The van der Waals surface area contributed by atoms with Crippen molar-refractivity contribution in [2.24, 2.45) is 5.73 Å². The summed E-state index contributed by atoms with van der Waals surface area (Å²) >= 11 is 0. The first-order valence-corrected chi connectivity index (χ1v) is 5.84. The second-order valence-electron chi connectivity index (χ2n) is 4.93. The molecule has 0 spiro atoms. The van der Waals surface area contributed by atoms with E-state index in [9.17, 15) is 4.79 Å². The van der Waals surface area contributed by atoms with Gasteiger partial charge in [0, 0.05) is 18.2 Å². The zero-order valence-electron chi connectivity index (χ0n) is 10.9. The van der Waals surface area contributed by atoms with Gasteiger partial charge in [0.2, 0.25) is 5.91 Å². The van der Waals surface area contributed by atoms with E-state index < -0.39 is 5.54 Å². The molecule has 0 aliphatic rings. The number of amides is 1. The molecule has 0 radical (unpaired) electrons. The summed E-state index contributed by atoms with van der Waals surface area (Å²) in [6.07, 6.45) is 4.77. The summed E-state index contributed by atoms with van der Waals surface area (Å²) in [6, 6.07) is 3.50. The summed E-state index contributed by atoms with van der Waals surface area (Å²) in [7, 11) is 0. The molecule has 2 aromatic heterocycles. The van der Waals surface area contributed by atoms with E-state index in [2.05, 4.69) is 20.4 Å². The Hall–Kier alpha value is -2.28. The predicted molar refractivity (Wildman–Crippen MR) is 70.7 cm³/mol. The van der Waals surface area contributed by atoms with Crippen molar-refractivity contribution in [3.05, 3.63) is 31.0 Å². The SMILES string of the molecule is CC(C)(N)CC(=O)Nc1cccnc1-n1cncn1. The van der Waals surface area contributed by atoms with Gasteiger partial charge in [-0.15, -0.1) is 0 Å². The number of nitrogens with zero attached hydrogens (tertiary/aromatic N) is 4. The molecule has 2 heterocycles. The molecule has 2 rings (SSSR count). The van der Waals surface area contributed by atoms with Crippen molar-refractivity contribution in [2.45, 2.75) is 25.8 Å². The molecule has 0 aliphatic heterocycles. The molecule has 0 fully saturated rings. The van der Waals surface area contributed by atoms with Crippen LogP contribution in [0.5, 0.6) is 0 Å². The number of carbonyl (C=O) groups excluding carboxylic acids is 1. The number of aromatic nitrogens is 4. The van der Waals surface area contributed by atoms with Crippen molar-refractivity contribution in [2.75, 3.05) is 5.32 Å². The molecule has 100 valence electrons. The van der Waals surface area contributed by atoms with E-state index in [1.165, 1.54) is 17.3 Å².